The van der Waals surface area contributed by atoms with Crippen molar-refractivity contribution < 1.29 is 33.4 Å². The summed E-state index contributed by atoms with van der Waals surface area (Å²) in [4.78, 5) is 68.5. The largest absolute Gasteiger partial charge is 0.469 e. The number of nitrogens with one attached hydrogen (secondary N) is 3. The van der Waals surface area contributed by atoms with E-state index >= 15 is 0 Å². The van der Waals surface area contributed by atoms with Gasteiger partial charge < -0.3 is 29.5 Å². The fraction of sp³-hybridized carbons (Fsp3) is 0.474. The van der Waals surface area contributed by atoms with Crippen LogP contribution >= 0.6 is 0 Å². The Labute approximate surface area is 290 Å². The lowest BCUT2D eigenvalue weighted by Gasteiger charge is -2.19. The smallest absolute Gasteiger partial charge is 0.310 e. The van der Waals surface area contributed by atoms with Crippen molar-refractivity contribution in [3.05, 3.63) is 68.8 Å². The van der Waals surface area contributed by atoms with Crippen LogP contribution in [0.2, 0.25) is 0 Å². The van der Waals surface area contributed by atoms with Gasteiger partial charge in [-0.1, -0.05) is 27.7 Å². The minimum Gasteiger partial charge on any atom is -0.469 e. The molecular weight excluding hydrogens is 638 g/mol. The minimum atomic E-state index is -0.423. The van der Waals surface area contributed by atoms with Crippen LogP contribution in [0.3, 0.4) is 0 Å². The summed E-state index contributed by atoms with van der Waals surface area (Å²) in [5.41, 5.74) is 9.76. The van der Waals surface area contributed by atoms with Gasteiger partial charge in [0.1, 0.15) is 0 Å². The SMILES string of the molecule is COC(=O)CCc1c(CC(=O)OC)c2cc3nc(cc4nc(c5c6[nH]c(cc1[nH]2)c(CCC(=O)OC)c6CC(=O)NC5)C(C)(C)C4)CC3(C)C. The molecule has 3 aliphatic rings. The third kappa shape index (κ3) is 6.75. The van der Waals surface area contributed by atoms with Crippen LogP contribution in [0, 0.1) is 0 Å². The fourth-order valence-electron chi connectivity index (χ4n) is 7.49. The number of esters is 3. The summed E-state index contributed by atoms with van der Waals surface area (Å²) in [6.07, 6.45) is 2.30. The van der Waals surface area contributed by atoms with Crippen molar-refractivity contribution in [3.63, 3.8) is 0 Å². The average Bonchev–Trinajstić information content (AvgIpc) is 3.71. The zero-order chi connectivity index (χ0) is 36.0. The second kappa shape index (κ2) is 13.4. The minimum absolute atomic E-state index is 0.0295. The molecule has 0 radical (unpaired) electrons. The van der Waals surface area contributed by atoms with Crippen molar-refractivity contribution >= 4 is 45.9 Å². The van der Waals surface area contributed by atoms with E-state index in [2.05, 4.69) is 49.0 Å². The lowest BCUT2D eigenvalue weighted by atomic mass is 9.84. The van der Waals surface area contributed by atoms with Gasteiger partial charge in [-0.05, 0) is 53.3 Å². The van der Waals surface area contributed by atoms with Gasteiger partial charge in [0.05, 0.1) is 39.9 Å². The Bertz CT molecular complexity index is 2070. The van der Waals surface area contributed by atoms with Crippen LogP contribution in [0.25, 0.3) is 22.1 Å². The highest BCUT2D eigenvalue weighted by Crippen LogP contribution is 2.38. The Morgan fingerprint density at radius 3 is 2.00 bits per heavy atom. The molecule has 0 unspecified atom stereocenters. The predicted molar refractivity (Wildman–Crippen MR) is 186 cm³/mol. The summed E-state index contributed by atoms with van der Waals surface area (Å²) in [6.45, 7) is 8.90. The third-order valence-electron chi connectivity index (χ3n) is 10.1. The Morgan fingerprint density at radius 2 is 1.32 bits per heavy atom. The normalized spacial score (nSPS) is 15.9. The number of carbonyl (C=O) groups excluding carboxylic acids is 4. The van der Waals surface area contributed by atoms with Crippen LogP contribution in [-0.2, 0) is 89.3 Å². The van der Waals surface area contributed by atoms with E-state index in [1.807, 2.05) is 12.1 Å². The number of hydrogen-bond donors (Lipinski definition) is 3. The van der Waals surface area contributed by atoms with Gasteiger partial charge in [-0.3, -0.25) is 29.1 Å². The van der Waals surface area contributed by atoms with Crippen molar-refractivity contribution in [2.24, 2.45) is 0 Å². The number of nitrogens with zero attached hydrogens (tertiary/aromatic N) is 2. The molecule has 3 aliphatic heterocycles. The summed E-state index contributed by atoms with van der Waals surface area (Å²) in [5, 5.41) is 3.07. The first-order valence-corrected chi connectivity index (χ1v) is 17.0. The highest BCUT2D eigenvalue weighted by molar-refractivity contribution is 5.90. The second-order valence-corrected chi connectivity index (χ2v) is 14.6. The molecule has 6 heterocycles. The summed E-state index contributed by atoms with van der Waals surface area (Å²) in [7, 11) is 4.05. The number of carbonyl (C=O) groups is 4. The number of methoxy groups -OCH3 is 3. The summed E-state index contributed by atoms with van der Waals surface area (Å²) < 4.78 is 15.1. The molecule has 1 amide bonds. The van der Waals surface area contributed by atoms with E-state index < -0.39 is 5.97 Å². The quantitative estimate of drug-likeness (QED) is 0.230. The molecule has 0 spiro atoms. The Morgan fingerprint density at radius 1 is 0.720 bits per heavy atom. The third-order valence-corrected chi connectivity index (χ3v) is 10.1. The molecular formula is C38H45N5O7. The second-order valence-electron chi connectivity index (χ2n) is 14.6. The molecule has 12 nitrogen and oxygen atoms in total. The van der Waals surface area contributed by atoms with E-state index in [1.54, 1.807) is 0 Å². The van der Waals surface area contributed by atoms with Gasteiger partial charge >= 0.3 is 17.9 Å². The maximum Gasteiger partial charge on any atom is 0.310 e. The number of hydrogen-bond acceptors (Lipinski definition) is 9. The van der Waals surface area contributed by atoms with Crippen LogP contribution in [0.5, 0.6) is 0 Å². The standard InChI is InChI=1S/C38H45N5O7/c1-37(2)17-20-12-21-18-38(3,4)36(41-21)26-19-39-31(44)13-25-23(9-11-33(46)49-6)28(43-35(25)26)15-27-22(8-10-32(45)48-5)24(14-34(47)50-7)29(42-27)16-30(37)40-20/h12,15-16,42-43H,8-11,13-14,17-19H2,1-7H3,(H,39,44). The van der Waals surface area contributed by atoms with Gasteiger partial charge in [-0.15, -0.1) is 0 Å². The number of ether oxygens (including phenoxy) is 3. The van der Waals surface area contributed by atoms with E-state index in [0.29, 0.717) is 47.9 Å². The van der Waals surface area contributed by atoms with Gasteiger partial charge in [0.2, 0.25) is 5.91 Å². The molecule has 264 valence electrons. The first-order valence-electron chi connectivity index (χ1n) is 17.0. The van der Waals surface area contributed by atoms with E-state index in [9.17, 15) is 19.2 Å². The zero-order valence-corrected chi connectivity index (χ0v) is 29.8. The van der Waals surface area contributed by atoms with Crippen molar-refractivity contribution in [1.82, 2.24) is 25.3 Å². The van der Waals surface area contributed by atoms with E-state index in [1.165, 1.54) is 21.3 Å². The van der Waals surface area contributed by atoms with Gasteiger partial charge in [0.15, 0.2) is 0 Å². The molecule has 3 N–H and O–H groups in total. The monoisotopic (exact) mass is 683 g/mol. The number of aromatic amines is 2. The van der Waals surface area contributed by atoms with Crippen LogP contribution in [0.15, 0.2) is 18.2 Å². The Kier molecular flexibility index (Phi) is 9.32. The molecule has 12 heteroatoms. The number of rotatable bonds is 8. The summed E-state index contributed by atoms with van der Waals surface area (Å²) in [6, 6.07) is 6.01. The molecule has 0 saturated carbocycles. The van der Waals surface area contributed by atoms with Crippen molar-refractivity contribution in [2.75, 3.05) is 21.3 Å². The number of amides is 1. The van der Waals surface area contributed by atoms with Crippen molar-refractivity contribution in [1.29, 1.82) is 0 Å². The number of aromatic nitrogens is 4. The van der Waals surface area contributed by atoms with Gasteiger partial charge in [0, 0.05) is 87.8 Å². The van der Waals surface area contributed by atoms with Crippen molar-refractivity contribution in [2.45, 2.75) is 96.4 Å². The topological polar surface area (TPSA) is 165 Å². The number of fused-ring (bicyclic) bond motifs is 8. The molecule has 8 bridgehead atoms. The number of H-pyrrole nitrogens is 2. The highest BCUT2D eigenvalue weighted by atomic mass is 16.5. The molecule has 0 saturated heterocycles. The maximum absolute atomic E-state index is 13.2. The van der Waals surface area contributed by atoms with Gasteiger partial charge in [-0.2, -0.15) is 0 Å². The molecule has 0 aliphatic carbocycles. The molecule has 3 aromatic heterocycles. The highest BCUT2D eigenvalue weighted by Gasteiger charge is 2.35. The maximum atomic E-state index is 13.2. The van der Waals surface area contributed by atoms with Gasteiger partial charge in [-0.25, -0.2) is 0 Å². The first-order chi connectivity index (χ1) is 23.7. The Hall–Kier alpha value is -5.00. The van der Waals surface area contributed by atoms with Crippen LogP contribution < -0.4 is 5.32 Å². The van der Waals surface area contributed by atoms with E-state index in [4.69, 9.17) is 24.2 Å². The van der Waals surface area contributed by atoms with E-state index in [-0.39, 0.29) is 60.8 Å². The fourth-order valence-corrected chi connectivity index (χ4v) is 7.49. The van der Waals surface area contributed by atoms with Gasteiger partial charge in [0.25, 0.3) is 0 Å². The lowest BCUT2D eigenvalue weighted by molar-refractivity contribution is -0.141. The first kappa shape index (κ1) is 34.8. The molecule has 0 fully saturated rings. The molecule has 50 heavy (non-hydrogen) atoms. The Balaban J connectivity index is 1.79. The predicted octanol–water partition coefficient (Wildman–Crippen LogP) is 4.45. The zero-order valence-electron chi connectivity index (χ0n) is 29.8. The summed E-state index contributed by atoms with van der Waals surface area (Å²) in [5.74, 6) is -1.30. The van der Waals surface area contributed by atoms with Crippen molar-refractivity contribution in [3.8, 4) is 0 Å². The average molecular weight is 684 g/mol. The number of aryl methyl sites for hydroxylation is 2. The molecule has 3 aromatic rings. The summed E-state index contributed by atoms with van der Waals surface area (Å²) >= 11 is 0. The lowest BCUT2D eigenvalue weighted by Crippen LogP contribution is -2.25. The van der Waals surface area contributed by atoms with Crippen LogP contribution in [0.1, 0.15) is 91.1 Å². The van der Waals surface area contributed by atoms with E-state index in [0.717, 1.165) is 50.5 Å². The molecule has 6 rings (SSSR count). The molecule has 0 atom stereocenters. The molecule has 0 aromatic carbocycles. The van der Waals surface area contributed by atoms with Crippen LogP contribution in [-0.4, -0.2) is 65.1 Å². The van der Waals surface area contributed by atoms with Crippen LogP contribution in [0.4, 0.5) is 0 Å².